The summed E-state index contributed by atoms with van der Waals surface area (Å²) in [6.45, 7) is 0. The first kappa shape index (κ1) is 12.0. The van der Waals surface area contributed by atoms with Crippen LogP contribution in [0.3, 0.4) is 0 Å². The van der Waals surface area contributed by atoms with Crippen LogP contribution in [0, 0.1) is 17.6 Å². The largest absolute Gasteiger partial charge is 0.481 e. The molecule has 5 heteroatoms. The van der Waals surface area contributed by atoms with Crippen LogP contribution < -0.4 is 0 Å². The van der Waals surface area contributed by atoms with Crippen LogP contribution in [0.15, 0.2) is 18.2 Å². The average Bonchev–Trinajstić information content (AvgIpc) is 2.11. The normalized spacial score (nSPS) is 27.6. The van der Waals surface area contributed by atoms with E-state index in [0.29, 0.717) is 5.56 Å². The average molecular weight is 242 g/mol. The highest BCUT2D eigenvalue weighted by Gasteiger charge is 2.46. The van der Waals surface area contributed by atoms with Crippen molar-refractivity contribution in [3.63, 3.8) is 0 Å². The summed E-state index contributed by atoms with van der Waals surface area (Å²) >= 11 is 0. The van der Waals surface area contributed by atoms with E-state index in [1.165, 1.54) is 0 Å². The van der Waals surface area contributed by atoms with Crippen molar-refractivity contribution in [3.8, 4) is 0 Å². The number of carboxylic acid groups (broad SMARTS) is 1. The van der Waals surface area contributed by atoms with Gasteiger partial charge in [-0.1, -0.05) is 0 Å². The molecule has 0 spiro atoms. The van der Waals surface area contributed by atoms with Crippen molar-refractivity contribution >= 4 is 5.97 Å². The Morgan fingerprint density at radius 2 is 1.82 bits per heavy atom. The van der Waals surface area contributed by atoms with E-state index >= 15 is 0 Å². The topological polar surface area (TPSA) is 57.5 Å². The van der Waals surface area contributed by atoms with Gasteiger partial charge in [0.15, 0.2) is 0 Å². The second-order valence-corrected chi connectivity index (χ2v) is 4.62. The van der Waals surface area contributed by atoms with Gasteiger partial charge < -0.3 is 10.2 Å². The molecule has 92 valence electrons. The Kier molecular flexibility index (Phi) is 2.87. The zero-order chi connectivity index (χ0) is 12.6. The molecule has 2 rings (SSSR count). The molecule has 0 unspecified atom stereocenters. The monoisotopic (exact) mass is 242 g/mol. The molecule has 17 heavy (non-hydrogen) atoms. The van der Waals surface area contributed by atoms with Gasteiger partial charge in [-0.25, -0.2) is 8.78 Å². The van der Waals surface area contributed by atoms with Crippen LogP contribution in [0.1, 0.15) is 18.4 Å². The lowest BCUT2D eigenvalue weighted by Crippen LogP contribution is -2.48. The van der Waals surface area contributed by atoms with Gasteiger partial charge in [-0.2, -0.15) is 0 Å². The molecule has 0 radical (unpaired) electrons. The Labute approximate surface area is 96.7 Å². The number of carbonyl (C=O) groups is 1. The highest BCUT2D eigenvalue weighted by Crippen LogP contribution is 2.40. The Balaban J connectivity index is 2.04. The maximum absolute atomic E-state index is 12.9. The van der Waals surface area contributed by atoms with Gasteiger partial charge in [0.1, 0.15) is 11.6 Å². The van der Waals surface area contributed by atoms with E-state index < -0.39 is 29.1 Å². The van der Waals surface area contributed by atoms with Crippen LogP contribution in [-0.4, -0.2) is 21.8 Å². The summed E-state index contributed by atoms with van der Waals surface area (Å²) in [7, 11) is 0. The Morgan fingerprint density at radius 3 is 2.29 bits per heavy atom. The van der Waals surface area contributed by atoms with Crippen molar-refractivity contribution in [2.45, 2.75) is 24.9 Å². The fourth-order valence-corrected chi connectivity index (χ4v) is 2.27. The number of benzene rings is 1. The van der Waals surface area contributed by atoms with Crippen molar-refractivity contribution in [3.05, 3.63) is 35.4 Å². The molecule has 1 aliphatic rings. The smallest absolute Gasteiger partial charge is 0.306 e. The van der Waals surface area contributed by atoms with Crippen LogP contribution in [-0.2, 0) is 11.2 Å². The molecule has 3 nitrogen and oxygen atoms in total. The number of carboxylic acids is 1. The van der Waals surface area contributed by atoms with Crippen LogP contribution in [0.2, 0.25) is 0 Å². The maximum Gasteiger partial charge on any atom is 0.306 e. The lowest BCUT2D eigenvalue weighted by Gasteiger charge is -2.41. The van der Waals surface area contributed by atoms with Crippen LogP contribution >= 0.6 is 0 Å². The van der Waals surface area contributed by atoms with Crippen molar-refractivity contribution in [2.24, 2.45) is 5.92 Å². The number of hydrogen-bond donors (Lipinski definition) is 2. The summed E-state index contributed by atoms with van der Waals surface area (Å²) in [5.74, 6) is -2.89. The van der Waals surface area contributed by atoms with E-state index in [1.807, 2.05) is 0 Å². The lowest BCUT2D eigenvalue weighted by atomic mass is 9.68. The predicted octanol–water partition coefficient (Wildman–Crippen LogP) is 1.73. The number of aliphatic carboxylic acids is 1. The summed E-state index contributed by atoms with van der Waals surface area (Å²) in [5, 5.41) is 18.6. The lowest BCUT2D eigenvalue weighted by molar-refractivity contribution is -0.158. The first-order valence-corrected chi connectivity index (χ1v) is 5.28. The Bertz CT molecular complexity index is 433. The summed E-state index contributed by atoms with van der Waals surface area (Å²) < 4.78 is 25.8. The molecule has 0 amide bonds. The van der Waals surface area contributed by atoms with Crippen LogP contribution in [0.25, 0.3) is 0 Å². The standard InChI is InChI=1S/C12H12F2O3/c13-9-1-7(2-10(14)3-9)4-12(17)5-8(6-12)11(15)16/h1-3,8,17H,4-6H2,(H,15,16). The third-order valence-electron chi connectivity index (χ3n) is 3.06. The van der Waals surface area contributed by atoms with Gasteiger partial charge in [0.25, 0.3) is 0 Å². The van der Waals surface area contributed by atoms with Gasteiger partial charge in [-0.15, -0.1) is 0 Å². The number of halogens is 2. The van der Waals surface area contributed by atoms with E-state index in [-0.39, 0.29) is 19.3 Å². The third-order valence-corrected chi connectivity index (χ3v) is 3.06. The van der Waals surface area contributed by atoms with Gasteiger partial charge >= 0.3 is 5.97 Å². The zero-order valence-electron chi connectivity index (χ0n) is 8.99. The summed E-state index contributed by atoms with van der Waals surface area (Å²) in [4.78, 5) is 10.6. The molecule has 0 atom stereocenters. The zero-order valence-corrected chi connectivity index (χ0v) is 8.99. The first-order valence-electron chi connectivity index (χ1n) is 5.28. The van der Waals surface area contributed by atoms with Gasteiger partial charge in [0, 0.05) is 12.5 Å². The fourth-order valence-electron chi connectivity index (χ4n) is 2.27. The third kappa shape index (κ3) is 2.61. The number of rotatable bonds is 3. The molecule has 1 aromatic carbocycles. The maximum atomic E-state index is 12.9. The minimum absolute atomic E-state index is 0.0749. The Morgan fingerprint density at radius 1 is 1.29 bits per heavy atom. The quantitative estimate of drug-likeness (QED) is 0.848. The SMILES string of the molecule is O=C(O)C1CC(O)(Cc2cc(F)cc(F)c2)C1. The van der Waals surface area contributed by atoms with E-state index in [2.05, 4.69) is 0 Å². The first-order chi connectivity index (χ1) is 7.88. The molecule has 0 aromatic heterocycles. The van der Waals surface area contributed by atoms with E-state index in [4.69, 9.17) is 5.11 Å². The highest BCUT2D eigenvalue weighted by atomic mass is 19.1. The van der Waals surface area contributed by atoms with Crippen molar-refractivity contribution in [1.82, 2.24) is 0 Å². The number of aliphatic hydroxyl groups is 1. The van der Waals surface area contributed by atoms with Gasteiger partial charge in [-0.05, 0) is 30.5 Å². The van der Waals surface area contributed by atoms with Gasteiger partial charge in [0.2, 0.25) is 0 Å². The molecule has 0 bridgehead atoms. The molecule has 0 saturated heterocycles. The predicted molar refractivity (Wildman–Crippen MR) is 55.4 cm³/mol. The fraction of sp³-hybridized carbons (Fsp3) is 0.417. The summed E-state index contributed by atoms with van der Waals surface area (Å²) in [6, 6.07) is 3.05. The molecule has 1 fully saturated rings. The number of hydrogen-bond acceptors (Lipinski definition) is 2. The van der Waals surface area contributed by atoms with E-state index in [9.17, 15) is 18.7 Å². The molecule has 2 N–H and O–H groups in total. The van der Waals surface area contributed by atoms with Crippen molar-refractivity contribution < 1.29 is 23.8 Å². The van der Waals surface area contributed by atoms with E-state index in [1.54, 1.807) is 0 Å². The van der Waals surface area contributed by atoms with Gasteiger partial charge in [0.05, 0.1) is 11.5 Å². The molecule has 0 aliphatic heterocycles. The van der Waals surface area contributed by atoms with Crippen molar-refractivity contribution in [1.29, 1.82) is 0 Å². The molecule has 1 saturated carbocycles. The summed E-state index contributed by atoms with van der Waals surface area (Å²) in [6.07, 6.45) is 0.326. The minimum Gasteiger partial charge on any atom is -0.481 e. The van der Waals surface area contributed by atoms with E-state index in [0.717, 1.165) is 18.2 Å². The second-order valence-electron chi connectivity index (χ2n) is 4.62. The van der Waals surface area contributed by atoms with Crippen molar-refractivity contribution in [2.75, 3.05) is 0 Å². The second kappa shape index (κ2) is 4.07. The molecule has 0 heterocycles. The molecular formula is C12H12F2O3. The minimum atomic E-state index is -1.15. The molecule has 1 aromatic rings. The molecular weight excluding hydrogens is 230 g/mol. The highest BCUT2D eigenvalue weighted by molar-refractivity contribution is 5.71. The summed E-state index contributed by atoms with van der Waals surface area (Å²) in [5.41, 5.74) is -0.808. The van der Waals surface area contributed by atoms with Crippen LogP contribution in [0.5, 0.6) is 0 Å². The molecule has 1 aliphatic carbocycles. The van der Waals surface area contributed by atoms with Gasteiger partial charge in [-0.3, -0.25) is 4.79 Å². The van der Waals surface area contributed by atoms with Crippen LogP contribution in [0.4, 0.5) is 8.78 Å². The Hall–Kier alpha value is -1.49.